The summed E-state index contributed by atoms with van der Waals surface area (Å²) in [7, 11) is 0. The molecule has 0 bridgehead atoms. The molecule has 1 aliphatic rings. The van der Waals surface area contributed by atoms with Crippen molar-refractivity contribution in [2.75, 3.05) is 6.54 Å². The quantitative estimate of drug-likeness (QED) is 0.516. The number of amidine groups is 1. The lowest BCUT2D eigenvalue weighted by atomic mass is 10.2. The molecule has 80 valence electrons. The monoisotopic (exact) mass is 196 g/mol. The van der Waals surface area contributed by atoms with Gasteiger partial charge in [-0.1, -0.05) is 13.5 Å². The lowest BCUT2D eigenvalue weighted by Crippen LogP contribution is -2.22. The Morgan fingerprint density at radius 1 is 1.71 bits per heavy atom. The van der Waals surface area contributed by atoms with Crippen LogP contribution in [0.3, 0.4) is 0 Å². The molecule has 1 unspecified atom stereocenters. The van der Waals surface area contributed by atoms with Gasteiger partial charge >= 0.3 is 0 Å². The molecule has 1 aliphatic heterocycles. The van der Waals surface area contributed by atoms with E-state index < -0.39 is 0 Å². The van der Waals surface area contributed by atoms with Crippen LogP contribution in [0.15, 0.2) is 22.3 Å². The molecule has 1 rings (SSSR count). The van der Waals surface area contributed by atoms with Crippen LogP contribution in [0.5, 0.6) is 0 Å². The fourth-order valence-electron chi connectivity index (χ4n) is 0.939. The van der Waals surface area contributed by atoms with Crippen LogP contribution in [-0.2, 0) is 0 Å². The number of rotatable bonds is 2. The van der Waals surface area contributed by atoms with Gasteiger partial charge in [0, 0.05) is 11.7 Å². The summed E-state index contributed by atoms with van der Waals surface area (Å²) in [6.07, 6.45) is 2.97. The van der Waals surface area contributed by atoms with Crippen LogP contribution in [0.1, 0.15) is 27.2 Å². The van der Waals surface area contributed by atoms with Gasteiger partial charge in [0.25, 0.3) is 0 Å². The zero-order valence-electron chi connectivity index (χ0n) is 9.25. The molecule has 1 heterocycles. The number of allylic oxidation sites excluding steroid dienone is 1. The Kier molecular flexibility index (Phi) is 6.45. The van der Waals surface area contributed by atoms with Crippen LogP contribution in [0.2, 0.25) is 0 Å². The topological polar surface area (TPSA) is 62.8 Å². The van der Waals surface area contributed by atoms with E-state index >= 15 is 0 Å². The van der Waals surface area contributed by atoms with Crippen molar-refractivity contribution in [2.24, 2.45) is 15.7 Å². The lowest BCUT2D eigenvalue weighted by molar-refractivity contribution is 0.639. The van der Waals surface area contributed by atoms with E-state index in [9.17, 15) is 0 Å². The molecule has 0 spiro atoms. The van der Waals surface area contributed by atoms with Crippen molar-refractivity contribution in [1.82, 2.24) is 5.32 Å². The molecule has 0 saturated heterocycles. The molecule has 14 heavy (non-hydrogen) atoms. The van der Waals surface area contributed by atoms with Crippen molar-refractivity contribution >= 4 is 12.2 Å². The highest BCUT2D eigenvalue weighted by atomic mass is 15.0. The molecule has 0 aromatic carbocycles. The van der Waals surface area contributed by atoms with Crippen LogP contribution >= 0.6 is 0 Å². The summed E-state index contributed by atoms with van der Waals surface area (Å²) >= 11 is 0. The first kappa shape index (κ1) is 12.7. The highest BCUT2D eigenvalue weighted by molar-refractivity contribution is 5.78. The van der Waals surface area contributed by atoms with Crippen LogP contribution < -0.4 is 11.1 Å². The highest BCUT2D eigenvalue weighted by Gasteiger charge is 2.04. The second-order valence-electron chi connectivity index (χ2n) is 3.25. The average Bonchev–Trinajstić information content (AvgIpc) is 2.53. The van der Waals surface area contributed by atoms with Gasteiger partial charge < -0.3 is 11.1 Å². The predicted octanol–water partition coefficient (Wildman–Crippen LogP) is 1.29. The maximum atomic E-state index is 5.18. The first-order valence-corrected chi connectivity index (χ1v) is 4.76. The zero-order valence-corrected chi connectivity index (χ0v) is 9.25. The number of aliphatic imine (C=N–C) groups is 2. The molecule has 0 aliphatic carbocycles. The standard InChI is InChI=1S/2C5H10N2/c1-2-5-3-6-4-7-5;1-4(2)7-5(3)6/h4-5H,2-3H2,1H3,(H,6,7);1H2,2-3H3,(H2,6,7). The fourth-order valence-corrected chi connectivity index (χ4v) is 0.939. The maximum absolute atomic E-state index is 5.18. The van der Waals surface area contributed by atoms with Crippen LogP contribution in [0.25, 0.3) is 0 Å². The Bertz CT molecular complexity index is 218. The highest BCUT2D eigenvalue weighted by Crippen LogP contribution is 1.93. The molecular weight excluding hydrogens is 176 g/mol. The molecule has 1 atom stereocenters. The van der Waals surface area contributed by atoms with Gasteiger partial charge in [0.15, 0.2) is 0 Å². The number of nitrogens with two attached hydrogens (primary N) is 1. The molecule has 0 radical (unpaired) electrons. The molecule has 0 saturated carbocycles. The van der Waals surface area contributed by atoms with Gasteiger partial charge in [-0.15, -0.1) is 0 Å². The van der Waals surface area contributed by atoms with E-state index in [-0.39, 0.29) is 0 Å². The first-order valence-electron chi connectivity index (χ1n) is 4.76. The lowest BCUT2D eigenvalue weighted by Gasteiger charge is -2.01. The van der Waals surface area contributed by atoms with Crippen LogP contribution in [0.4, 0.5) is 0 Å². The largest absolute Gasteiger partial charge is 0.387 e. The average molecular weight is 196 g/mol. The van der Waals surface area contributed by atoms with Crippen molar-refractivity contribution in [3.8, 4) is 0 Å². The Balaban J connectivity index is 0.000000241. The minimum atomic E-state index is 0.563. The van der Waals surface area contributed by atoms with E-state index in [1.807, 2.05) is 0 Å². The van der Waals surface area contributed by atoms with Crippen molar-refractivity contribution in [3.05, 3.63) is 12.3 Å². The summed E-state index contributed by atoms with van der Waals surface area (Å²) in [5.41, 5.74) is 5.93. The molecule has 4 heteroatoms. The smallest absolute Gasteiger partial charge is 0.0960 e. The Morgan fingerprint density at radius 3 is 2.50 bits per heavy atom. The number of nitrogens with zero attached hydrogens (tertiary/aromatic N) is 2. The van der Waals surface area contributed by atoms with Gasteiger partial charge in [-0.05, 0) is 20.3 Å². The summed E-state index contributed by atoms with van der Waals surface area (Å²) in [5.74, 6) is 0.563. The third-order valence-electron chi connectivity index (χ3n) is 1.59. The summed E-state index contributed by atoms with van der Waals surface area (Å²) in [6.45, 7) is 10.2. The minimum Gasteiger partial charge on any atom is -0.387 e. The van der Waals surface area contributed by atoms with Gasteiger partial charge in [-0.25, -0.2) is 4.99 Å². The zero-order chi connectivity index (χ0) is 11.0. The van der Waals surface area contributed by atoms with E-state index in [0.29, 0.717) is 11.9 Å². The molecule has 0 aromatic heterocycles. The van der Waals surface area contributed by atoms with Gasteiger partial charge in [-0.3, -0.25) is 4.99 Å². The van der Waals surface area contributed by atoms with Gasteiger partial charge in [0.2, 0.25) is 0 Å². The second-order valence-corrected chi connectivity index (χ2v) is 3.25. The third kappa shape index (κ3) is 7.34. The normalized spacial score (nSPS) is 19.6. The Labute approximate surface area is 86.0 Å². The van der Waals surface area contributed by atoms with Crippen molar-refractivity contribution in [2.45, 2.75) is 33.2 Å². The molecule has 3 N–H and O–H groups in total. The van der Waals surface area contributed by atoms with Crippen molar-refractivity contribution in [3.63, 3.8) is 0 Å². The van der Waals surface area contributed by atoms with Crippen molar-refractivity contribution in [1.29, 1.82) is 0 Å². The van der Waals surface area contributed by atoms with Crippen molar-refractivity contribution < 1.29 is 0 Å². The fraction of sp³-hybridized carbons (Fsp3) is 0.600. The molecule has 0 amide bonds. The van der Waals surface area contributed by atoms with Gasteiger partial charge in [-0.2, -0.15) is 0 Å². The maximum Gasteiger partial charge on any atom is 0.0960 e. The molecule has 4 nitrogen and oxygen atoms in total. The third-order valence-corrected chi connectivity index (χ3v) is 1.59. The molecular formula is C10H20N4. The minimum absolute atomic E-state index is 0.563. The van der Waals surface area contributed by atoms with Gasteiger partial charge in [0.05, 0.1) is 18.7 Å². The molecule has 0 fully saturated rings. The predicted molar refractivity (Wildman–Crippen MR) is 62.7 cm³/mol. The Hall–Kier alpha value is -1.32. The first-order chi connectivity index (χ1) is 6.56. The molecule has 0 aromatic rings. The summed E-state index contributed by atoms with van der Waals surface area (Å²) in [5, 5.41) is 3.11. The van der Waals surface area contributed by atoms with Crippen LogP contribution in [-0.4, -0.2) is 24.8 Å². The van der Waals surface area contributed by atoms with E-state index in [2.05, 4.69) is 28.8 Å². The van der Waals surface area contributed by atoms with E-state index in [1.54, 1.807) is 20.2 Å². The number of hydrogen-bond acceptors (Lipinski definition) is 3. The van der Waals surface area contributed by atoms with E-state index in [4.69, 9.17) is 5.73 Å². The number of nitrogens with one attached hydrogen (secondary N) is 1. The summed E-state index contributed by atoms with van der Waals surface area (Å²) in [6, 6.07) is 0.625. The Morgan fingerprint density at radius 2 is 2.36 bits per heavy atom. The van der Waals surface area contributed by atoms with E-state index in [0.717, 1.165) is 12.2 Å². The van der Waals surface area contributed by atoms with Gasteiger partial charge in [0.1, 0.15) is 0 Å². The van der Waals surface area contributed by atoms with E-state index in [1.165, 1.54) is 6.42 Å². The summed E-state index contributed by atoms with van der Waals surface area (Å²) < 4.78 is 0. The second kappa shape index (κ2) is 7.12. The SMILES string of the molecule is C=C(C)N=C(C)N.CCC1CN=CN1. The van der Waals surface area contributed by atoms with Crippen LogP contribution in [0, 0.1) is 0 Å². The summed E-state index contributed by atoms with van der Waals surface area (Å²) in [4.78, 5) is 7.78. The number of hydrogen-bond donors (Lipinski definition) is 2.